The van der Waals surface area contributed by atoms with Crippen LogP contribution in [0.2, 0.25) is 0 Å². The summed E-state index contributed by atoms with van der Waals surface area (Å²) in [5, 5.41) is 0. The van der Waals surface area contributed by atoms with Gasteiger partial charge in [-0.15, -0.1) is 0 Å². The minimum absolute atomic E-state index is 0.234. The molecule has 4 heteroatoms. The highest BCUT2D eigenvalue weighted by molar-refractivity contribution is 7.98. The van der Waals surface area contributed by atoms with Crippen LogP contribution in [0.3, 0.4) is 0 Å². The van der Waals surface area contributed by atoms with Crippen LogP contribution in [0.5, 0.6) is 0 Å². The number of likely N-dealkylation sites (N-methyl/N-ethyl adjacent to an activating group) is 1. The van der Waals surface area contributed by atoms with Crippen molar-refractivity contribution in [1.29, 1.82) is 0 Å². The Morgan fingerprint density at radius 2 is 2.24 bits per heavy atom. The number of nitrogens with two attached hydrogens (primary N) is 1. The van der Waals surface area contributed by atoms with E-state index in [4.69, 9.17) is 5.73 Å². The van der Waals surface area contributed by atoms with E-state index in [1.165, 1.54) is 38.1 Å². The van der Waals surface area contributed by atoms with Crippen LogP contribution >= 0.6 is 11.8 Å². The number of hydrogen-bond donors (Lipinski definition) is 1. The molecule has 1 aliphatic heterocycles. The molecule has 1 saturated heterocycles. The molecule has 2 unspecified atom stereocenters. The predicted octanol–water partition coefficient (Wildman–Crippen LogP) is 1.24. The zero-order chi connectivity index (χ0) is 12.5. The first-order valence-electron chi connectivity index (χ1n) is 6.79. The van der Waals surface area contributed by atoms with Gasteiger partial charge in [0.05, 0.1) is 0 Å². The van der Waals surface area contributed by atoms with Gasteiger partial charge in [-0.3, -0.25) is 9.80 Å². The summed E-state index contributed by atoms with van der Waals surface area (Å²) in [7, 11) is 2.27. The Morgan fingerprint density at radius 1 is 1.53 bits per heavy atom. The van der Waals surface area contributed by atoms with Gasteiger partial charge in [-0.05, 0) is 39.5 Å². The third-order valence-electron chi connectivity index (χ3n) is 4.62. The van der Waals surface area contributed by atoms with Crippen LogP contribution in [0.25, 0.3) is 0 Å². The Balaban J connectivity index is 1.98. The molecule has 17 heavy (non-hydrogen) atoms. The van der Waals surface area contributed by atoms with Gasteiger partial charge in [0.25, 0.3) is 0 Å². The largest absolute Gasteiger partial charge is 0.329 e. The summed E-state index contributed by atoms with van der Waals surface area (Å²) in [5.41, 5.74) is 6.35. The quantitative estimate of drug-likeness (QED) is 0.776. The summed E-state index contributed by atoms with van der Waals surface area (Å²) < 4.78 is 0. The van der Waals surface area contributed by atoms with Gasteiger partial charge in [-0.25, -0.2) is 0 Å². The maximum absolute atomic E-state index is 6.11. The molecule has 2 N–H and O–H groups in total. The molecular formula is C13H27N3S. The van der Waals surface area contributed by atoms with Crippen LogP contribution in [0, 0.1) is 0 Å². The molecule has 0 amide bonds. The fraction of sp³-hybridized carbons (Fsp3) is 1.00. The Hall–Kier alpha value is 0.230. The molecule has 1 heterocycles. The fourth-order valence-corrected chi connectivity index (χ4v) is 3.76. The average Bonchev–Trinajstić information content (AvgIpc) is 3.09. The van der Waals surface area contributed by atoms with Gasteiger partial charge >= 0.3 is 0 Å². The molecule has 2 atom stereocenters. The van der Waals surface area contributed by atoms with E-state index >= 15 is 0 Å². The summed E-state index contributed by atoms with van der Waals surface area (Å²) in [6.07, 6.45) is 6.25. The molecule has 0 aromatic heterocycles. The summed E-state index contributed by atoms with van der Waals surface area (Å²) in [6.45, 7) is 5.56. The fourth-order valence-electron chi connectivity index (χ4n) is 3.06. The van der Waals surface area contributed by atoms with Crippen molar-refractivity contribution in [2.24, 2.45) is 5.73 Å². The van der Waals surface area contributed by atoms with Crippen LogP contribution in [0.1, 0.15) is 26.2 Å². The molecule has 2 rings (SSSR count). The molecule has 0 spiro atoms. The Bertz CT molecular complexity index is 257. The van der Waals surface area contributed by atoms with E-state index < -0.39 is 0 Å². The molecule has 0 radical (unpaired) electrons. The summed E-state index contributed by atoms with van der Waals surface area (Å²) in [4.78, 5) is 5.21. The van der Waals surface area contributed by atoms with E-state index in [9.17, 15) is 0 Å². The van der Waals surface area contributed by atoms with Crippen molar-refractivity contribution >= 4 is 11.8 Å². The zero-order valence-electron chi connectivity index (χ0n) is 11.5. The number of hydrogen-bond acceptors (Lipinski definition) is 4. The highest BCUT2D eigenvalue weighted by Crippen LogP contribution is 2.36. The predicted molar refractivity (Wildman–Crippen MR) is 76.6 cm³/mol. The lowest BCUT2D eigenvalue weighted by Crippen LogP contribution is -2.57. The lowest BCUT2D eigenvalue weighted by Gasteiger charge is -2.41. The average molecular weight is 257 g/mol. The van der Waals surface area contributed by atoms with Crippen LogP contribution in [0.15, 0.2) is 0 Å². The number of rotatable bonds is 6. The molecule has 0 aromatic rings. The normalized spacial score (nSPS) is 32.3. The first-order valence-corrected chi connectivity index (χ1v) is 8.18. The molecule has 0 aromatic carbocycles. The van der Waals surface area contributed by atoms with Crippen molar-refractivity contribution in [3.63, 3.8) is 0 Å². The molecule has 3 nitrogen and oxygen atoms in total. The lowest BCUT2D eigenvalue weighted by molar-refractivity contribution is 0.0981. The highest BCUT2D eigenvalue weighted by Gasteiger charge is 2.45. The highest BCUT2D eigenvalue weighted by atomic mass is 32.2. The minimum Gasteiger partial charge on any atom is -0.329 e. The van der Waals surface area contributed by atoms with Gasteiger partial charge in [0.1, 0.15) is 0 Å². The van der Waals surface area contributed by atoms with Gasteiger partial charge in [0.15, 0.2) is 0 Å². The zero-order valence-corrected chi connectivity index (χ0v) is 12.3. The van der Waals surface area contributed by atoms with Gasteiger partial charge < -0.3 is 5.73 Å². The van der Waals surface area contributed by atoms with E-state index in [2.05, 4.69) is 30.0 Å². The summed E-state index contributed by atoms with van der Waals surface area (Å²) in [6, 6.07) is 1.50. The van der Waals surface area contributed by atoms with Crippen molar-refractivity contribution in [3.8, 4) is 0 Å². The molecule has 1 aliphatic carbocycles. The van der Waals surface area contributed by atoms with Gasteiger partial charge in [-0.2, -0.15) is 11.8 Å². The summed E-state index contributed by atoms with van der Waals surface area (Å²) in [5.74, 6) is 1.20. The van der Waals surface area contributed by atoms with Gasteiger partial charge in [-0.1, -0.05) is 0 Å². The van der Waals surface area contributed by atoms with E-state index in [0.717, 1.165) is 12.6 Å². The third-order valence-corrected chi connectivity index (χ3v) is 5.44. The number of likely N-dealkylation sites (tertiary alicyclic amines) is 1. The molecule has 0 bridgehead atoms. The Morgan fingerprint density at radius 3 is 2.76 bits per heavy atom. The van der Waals surface area contributed by atoms with E-state index in [0.29, 0.717) is 6.04 Å². The number of nitrogens with zero attached hydrogens (tertiary/aromatic N) is 2. The molecule has 2 fully saturated rings. The van der Waals surface area contributed by atoms with Crippen molar-refractivity contribution in [1.82, 2.24) is 9.80 Å². The third kappa shape index (κ3) is 2.80. The Labute approximate surface area is 110 Å². The van der Waals surface area contributed by atoms with Crippen molar-refractivity contribution in [2.45, 2.75) is 43.8 Å². The van der Waals surface area contributed by atoms with Gasteiger partial charge in [0, 0.05) is 43.0 Å². The SMILES string of the molecule is CSCC(C)N(C)C1(CN)CCN(C2CC2)C1. The second-order valence-electron chi connectivity index (χ2n) is 5.80. The van der Waals surface area contributed by atoms with E-state index in [1.807, 2.05) is 11.8 Å². The Kier molecular flexibility index (Phi) is 4.40. The van der Waals surface area contributed by atoms with E-state index in [1.54, 1.807) is 0 Å². The van der Waals surface area contributed by atoms with Crippen molar-refractivity contribution in [2.75, 3.05) is 38.7 Å². The molecular weight excluding hydrogens is 230 g/mol. The second kappa shape index (κ2) is 5.47. The first kappa shape index (κ1) is 13.7. The van der Waals surface area contributed by atoms with Crippen LogP contribution in [-0.4, -0.2) is 66.1 Å². The smallest absolute Gasteiger partial charge is 0.0470 e. The molecule has 2 aliphatic rings. The van der Waals surface area contributed by atoms with Crippen LogP contribution in [-0.2, 0) is 0 Å². The second-order valence-corrected chi connectivity index (χ2v) is 6.71. The molecule has 100 valence electrons. The lowest BCUT2D eigenvalue weighted by atomic mass is 9.95. The minimum atomic E-state index is 0.234. The maximum Gasteiger partial charge on any atom is 0.0470 e. The summed E-state index contributed by atoms with van der Waals surface area (Å²) >= 11 is 1.93. The monoisotopic (exact) mass is 257 g/mol. The van der Waals surface area contributed by atoms with Gasteiger partial charge in [0.2, 0.25) is 0 Å². The van der Waals surface area contributed by atoms with Crippen LogP contribution in [0.4, 0.5) is 0 Å². The van der Waals surface area contributed by atoms with Crippen molar-refractivity contribution in [3.05, 3.63) is 0 Å². The molecule has 1 saturated carbocycles. The van der Waals surface area contributed by atoms with E-state index in [-0.39, 0.29) is 5.54 Å². The van der Waals surface area contributed by atoms with Crippen LogP contribution < -0.4 is 5.73 Å². The topological polar surface area (TPSA) is 32.5 Å². The number of thioether (sulfide) groups is 1. The first-order chi connectivity index (χ1) is 8.13. The van der Waals surface area contributed by atoms with Crippen molar-refractivity contribution < 1.29 is 0 Å². The maximum atomic E-state index is 6.11. The standard InChI is InChI=1S/C13H27N3S/c1-11(8-17-3)15(2)13(9-14)6-7-16(10-13)12-4-5-12/h11-12H,4-10,14H2,1-3H3.